The first-order valence-electron chi connectivity index (χ1n) is 8.65. The van der Waals surface area contributed by atoms with E-state index in [1.807, 2.05) is 35.9 Å². The third-order valence-corrected chi connectivity index (χ3v) is 5.05. The van der Waals surface area contributed by atoms with Crippen molar-refractivity contribution in [3.63, 3.8) is 0 Å². The Morgan fingerprint density at radius 3 is 2.88 bits per heavy atom. The van der Waals surface area contributed by atoms with E-state index < -0.39 is 0 Å². The summed E-state index contributed by atoms with van der Waals surface area (Å²) in [4.78, 5) is 28.3. The molecule has 1 aromatic heterocycles. The number of rotatable bonds is 8. The molecule has 0 spiro atoms. The molecular formula is C17H27N5O2. The van der Waals surface area contributed by atoms with Gasteiger partial charge in [-0.3, -0.25) is 14.3 Å². The first kappa shape index (κ1) is 17.0. The van der Waals surface area contributed by atoms with Gasteiger partial charge in [0.1, 0.15) is 0 Å². The van der Waals surface area contributed by atoms with Gasteiger partial charge in [-0.25, -0.2) is 0 Å². The molecule has 1 atom stereocenters. The summed E-state index contributed by atoms with van der Waals surface area (Å²) in [6.45, 7) is 3.59. The van der Waals surface area contributed by atoms with Gasteiger partial charge < -0.3 is 15.1 Å². The molecule has 1 aliphatic carbocycles. The summed E-state index contributed by atoms with van der Waals surface area (Å²) in [5, 5.41) is 7.33. The van der Waals surface area contributed by atoms with Crippen LogP contribution in [-0.2, 0) is 16.1 Å². The molecule has 1 N–H and O–H groups in total. The average molecular weight is 333 g/mol. The van der Waals surface area contributed by atoms with Crippen LogP contribution in [0.15, 0.2) is 18.5 Å². The van der Waals surface area contributed by atoms with Crippen LogP contribution in [0.2, 0.25) is 0 Å². The zero-order valence-electron chi connectivity index (χ0n) is 14.6. The Labute approximate surface area is 143 Å². The summed E-state index contributed by atoms with van der Waals surface area (Å²) in [6, 6.07) is 1.92. The molecule has 1 saturated carbocycles. The van der Waals surface area contributed by atoms with Crippen LogP contribution in [0.5, 0.6) is 0 Å². The molecule has 0 aromatic carbocycles. The van der Waals surface area contributed by atoms with E-state index in [0.717, 1.165) is 25.9 Å². The van der Waals surface area contributed by atoms with Crippen molar-refractivity contribution < 1.29 is 9.59 Å². The highest BCUT2D eigenvalue weighted by Crippen LogP contribution is 2.46. The van der Waals surface area contributed by atoms with E-state index in [4.69, 9.17) is 0 Å². The van der Waals surface area contributed by atoms with Gasteiger partial charge in [-0.15, -0.1) is 0 Å². The molecule has 2 aliphatic rings. The number of carbonyl (C=O) groups excluding carboxylic acids is 2. The average Bonchev–Trinajstić information content (AvgIpc) is 2.93. The Hall–Kier alpha value is -1.89. The van der Waals surface area contributed by atoms with Gasteiger partial charge in [0.05, 0.1) is 5.92 Å². The number of hydrogen-bond donors (Lipinski definition) is 1. The highest BCUT2D eigenvalue weighted by molar-refractivity contribution is 5.89. The largest absolute Gasteiger partial charge is 0.355 e. The molecule has 132 valence electrons. The van der Waals surface area contributed by atoms with Crippen molar-refractivity contribution in [2.75, 3.05) is 40.3 Å². The second-order valence-electron chi connectivity index (χ2n) is 7.47. The maximum absolute atomic E-state index is 12.4. The summed E-state index contributed by atoms with van der Waals surface area (Å²) in [5.74, 6) is -0.0997. The predicted molar refractivity (Wildman–Crippen MR) is 90.1 cm³/mol. The lowest BCUT2D eigenvalue weighted by Crippen LogP contribution is -2.38. The van der Waals surface area contributed by atoms with Gasteiger partial charge in [-0.1, -0.05) is 0 Å². The van der Waals surface area contributed by atoms with E-state index in [0.29, 0.717) is 26.1 Å². The maximum Gasteiger partial charge on any atom is 0.225 e. The molecule has 1 aliphatic heterocycles. The Morgan fingerprint density at radius 1 is 1.46 bits per heavy atom. The van der Waals surface area contributed by atoms with Crippen molar-refractivity contribution in [2.24, 2.45) is 11.3 Å². The second kappa shape index (κ2) is 6.93. The molecule has 3 rings (SSSR count). The standard InChI is InChI=1S/C17H27N5O2/c1-20(2)8-9-21-11-14(10-15(21)23)16(24)18-12-17(4-5-17)13-22-7-3-6-19-22/h3,6-7,14H,4-5,8-13H2,1-2H3,(H,18,24). The monoisotopic (exact) mass is 333 g/mol. The summed E-state index contributed by atoms with van der Waals surface area (Å²) < 4.78 is 1.93. The number of aromatic nitrogens is 2. The van der Waals surface area contributed by atoms with Gasteiger partial charge in [0.25, 0.3) is 0 Å². The number of nitrogens with one attached hydrogen (secondary N) is 1. The van der Waals surface area contributed by atoms with Crippen molar-refractivity contribution in [1.29, 1.82) is 0 Å². The summed E-state index contributed by atoms with van der Waals surface area (Å²) >= 11 is 0. The van der Waals surface area contributed by atoms with E-state index in [9.17, 15) is 9.59 Å². The number of likely N-dealkylation sites (N-methyl/N-ethyl adjacent to an activating group) is 1. The number of amides is 2. The molecule has 1 unspecified atom stereocenters. The highest BCUT2D eigenvalue weighted by atomic mass is 16.2. The van der Waals surface area contributed by atoms with Crippen LogP contribution in [0.3, 0.4) is 0 Å². The lowest BCUT2D eigenvalue weighted by atomic mass is 10.1. The van der Waals surface area contributed by atoms with Crippen molar-refractivity contribution in [2.45, 2.75) is 25.8 Å². The smallest absolute Gasteiger partial charge is 0.225 e. The lowest BCUT2D eigenvalue weighted by Gasteiger charge is -2.20. The normalized spacial score (nSPS) is 22.2. The number of carbonyl (C=O) groups is 2. The first-order chi connectivity index (χ1) is 11.5. The molecule has 2 amide bonds. The molecule has 2 heterocycles. The SMILES string of the molecule is CN(C)CCN1CC(C(=O)NCC2(Cn3cccn3)CC2)CC1=O. The zero-order chi connectivity index (χ0) is 17.2. The van der Waals surface area contributed by atoms with Crippen LogP contribution < -0.4 is 5.32 Å². The van der Waals surface area contributed by atoms with Crippen LogP contribution in [0, 0.1) is 11.3 Å². The predicted octanol–water partition coefficient (Wildman–Crippen LogP) is 0.190. The molecule has 7 heteroatoms. The molecule has 7 nitrogen and oxygen atoms in total. The molecule has 1 aromatic rings. The Morgan fingerprint density at radius 2 is 2.25 bits per heavy atom. The van der Waals surface area contributed by atoms with Crippen molar-refractivity contribution in [3.05, 3.63) is 18.5 Å². The van der Waals surface area contributed by atoms with Crippen molar-refractivity contribution >= 4 is 11.8 Å². The van der Waals surface area contributed by atoms with Crippen LogP contribution in [0.4, 0.5) is 0 Å². The molecule has 1 saturated heterocycles. The molecular weight excluding hydrogens is 306 g/mol. The quantitative estimate of drug-likeness (QED) is 0.737. The van der Waals surface area contributed by atoms with E-state index in [2.05, 4.69) is 10.4 Å². The lowest BCUT2D eigenvalue weighted by molar-refractivity contribution is -0.129. The van der Waals surface area contributed by atoms with Gasteiger partial charge in [0, 0.05) is 57.0 Å². The van der Waals surface area contributed by atoms with E-state index >= 15 is 0 Å². The van der Waals surface area contributed by atoms with Gasteiger partial charge >= 0.3 is 0 Å². The topological polar surface area (TPSA) is 70.5 Å². The fourth-order valence-corrected chi connectivity index (χ4v) is 3.21. The third kappa shape index (κ3) is 4.14. The summed E-state index contributed by atoms with van der Waals surface area (Å²) in [6.07, 6.45) is 6.31. The molecule has 24 heavy (non-hydrogen) atoms. The fourth-order valence-electron chi connectivity index (χ4n) is 3.21. The zero-order valence-corrected chi connectivity index (χ0v) is 14.6. The van der Waals surface area contributed by atoms with Gasteiger partial charge in [-0.05, 0) is 33.0 Å². The number of hydrogen-bond acceptors (Lipinski definition) is 4. The van der Waals surface area contributed by atoms with Crippen LogP contribution in [0.1, 0.15) is 19.3 Å². The molecule has 2 fully saturated rings. The van der Waals surface area contributed by atoms with Crippen LogP contribution in [-0.4, -0.2) is 71.7 Å². The van der Waals surface area contributed by atoms with Gasteiger partial charge in [0.15, 0.2) is 0 Å². The maximum atomic E-state index is 12.4. The summed E-state index contributed by atoms with van der Waals surface area (Å²) in [5.41, 5.74) is 0.148. The Balaban J connectivity index is 1.45. The van der Waals surface area contributed by atoms with Crippen molar-refractivity contribution in [3.8, 4) is 0 Å². The number of likely N-dealkylation sites (tertiary alicyclic amines) is 1. The van der Waals surface area contributed by atoms with E-state index in [1.165, 1.54) is 0 Å². The minimum absolute atomic E-state index is 0.0162. The molecule has 0 radical (unpaired) electrons. The Kier molecular flexibility index (Phi) is 4.89. The minimum atomic E-state index is -0.208. The second-order valence-corrected chi connectivity index (χ2v) is 7.47. The summed E-state index contributed by atoms with van der Waals surface area (Å²) in [7, 11) is 3.97. The minimum Gasteiger partial charge on any atom is -0.355 e. The van der Waals surface area contributed by atoms with Crippen LogP contribution in [0.25, 0.3) is 0 Å². The fraction of sp³-hybridized carbons (Fsp3) is 0.706. The van der Waals surface area contributed by atoms with Gasteiger partial charge in [0.2, 0.25) is 11.8 Å². The van der Waals surface area contributed by atoms with Crippen LogP contribution >= 0.6 is 0 Å². The Bertz CT molecular complexity index is 580. The van der Waals surface area contributed by atoms with E-state index in [1.54, 1.807) is 11.1 Å². The van der Waals surface area contributed by atoms with Crippen molar-refractivity contribution in [1.82, 2.24) is 24.9 Å². The third-order valence-electron chi connectivity index (χ3n) is 5.05. The highest BCUT2D eigenvalue weighted by Gasteiger charge is 2.44. The van der Waals surface area contributed by atoms with E-state index in [-0.39, 0.29) is 23.1 Å². The first-order valence-corrected chi connectivity index (χ1v) is 8.65. The molecule has 0 bridgehead atoms. The number of nitrogens with zero attached hydrogens (tertiary/aromatic N) is 4. The van der Waals surface area contributed by atoms with Gasteiger partial charge in [-0.2, -0.15) is 5.10 Å².